The van der Waals surface area contributed by atoms with Gasteiger partial charge in [0.15, 0.2) is 0 Å². The van der Waals surface area contributed by atoms with Gasteiger partial charge in [0.05, 0.1) is 23.2 Å². The van der Waals surface area contributed by atoms with Gasteiger partial charge in [0.1, 0.15) is 11.4 Å². The monoisotopic (exact) mass is 363 g/mol. The molecule has 2 aliphatic rings. The van der Waals surface area contributed by atoms with Gasteiger partial charge in [-0.15, -0.1) is 0 Å². The van der Waals surface area contributed by atoms with Crippen molar-refractivity contribution in [2.75, 3.05) is 24.6 Å². The minimum Gasteiger partial charge on any atom is -0.494 e. The fraction of sp³-hybridized carbons (Fsp3) is 0.333. The number of hydrogen-bond donors (Lipinski definition) is 1. The molecule has 2 aromatic carbocycles. The highest BCUT2D eigenvalue weighted by atomic mass is 16.6. The molecular formula is C21H21N3O3. The van der Waals surface area contributed by atoms with Crippen molar-refractivity contribution in [3.8, 4) is 5.75 Å². The number of aromatic nitrogens is 2. The Balaban J connectivity index is 1.38. The average Bonchev–Trinajstić information content (AvgIpc) is 3.23. The molecule has 6 heteroatoms. The molecule has 0 atom stereocenters. The molecule has 138 valence electrons. The molecule has 27 heavy (non-hydrogen) atoms. The number of esters is 1. The zero-order chi connectivity index (χ0) is 18.4. The van der Waals surface area contributed by atoms with Crippen LogP contribution in [0, 0.1) is 0 Å². The smallest absolute Gasteiger partial charge is 0.339 e. The summed E-state index contributed by atoms with van der Waals surface area (Å²) in [5.74, 6) is 1.48. The topological polar surface area (TPSA) is 67.4 Å². The number of anilines is 1. The lowest BCUT2D eigenvalue weighted by molar-refractivity contribution is -0.0211. The Labute approximate surface area is 157 Å². The van der Waals surface area contributed by atoms with E-state index in [0.29, 0.717) is 12.2 Å². The van der Waals surface area contributed by atoms with Gasteiger partial charge in [-0.3, -0.25) is 0 Å². The van der Waals surface area contributed by atoms with Gasteiger partial charge in [0.25, 0.3) is 0 Å². The van der Waals surface area contributed by atoms with Crippen LogP contribution in [0.5, 0.6) is 5.75 Å². The summed E-state index contributed by atoms with van der Waals surface area (Å²) in [5, 5.41) is 0. The molecule has 3 aromatic rings. The van der Waals surface area contributed by atoms with Crippen LogP contribution in [0.4, 0.5) is 5.95 Å². The van der Waals surface area contributed by atoms with Gasteiger partial charge in [0.2, 0.25) is 5.95 Å². The lowest BCUT2D eigenvalue weighted by Gasteiger charge is -2.38. The first-order valence-corrected chi connectivity index (χ1v) is 9.39. The van der Waals surface area contributed by atoms with Crippen molar-refractivity contribution in [3.05, 3.63) is 53.6 Å². The molecule has 1 spiro atoms. The number of aromatic amines is 1. The molecule has 0 bridgehead atoms. The molecule has 1 N–H and O–H groups in total. The van der Waals surface area contributed by atoms with Crippen LogP contribution in [-0.4, -0.2) is 35.6 Å². The van der Waals surface area contributed by atoms with E-state index in [1.807, 2.05) is 49.4 Å². The zero-order valence-corrected chi connectivity index (χ0v) is 15.2. The van der Waals surface area contributed by atoms with Crippen LogP contribution in [0.2, 0.25) is 0 Å². The lowest BCUT2D eigenvalue weighted by atomic mass is 9.84. The van der Waals surface area contributed by atoms with Gasteiger partial charge >= 0.3 is 5.97 Å². The van der Waals surface area contributed by atoms with E-state index in [9.17, 15) is 4.79 Å². The van der Waals surface area contributed by atoms with E-state index in [-0.39, 0.29) is 5.97 Å². The van der Waals surface area contributed by atoms with Gasteiger partial charge in [-0.25, -0.2) is 9.78 Å². The van der Waals surface area contributed by atoms with Crippen LogP contribution in [0.15, 0.2) is 42.5 Å². The number of hydrogen-bond acceptors (Lipinski definition) is 5. The highest BCUT2D eigenvalue weighted by molar-refractivity contribution is 5.94. The molecule has 0 saturated carbocycles. The normalized spacial score (nSPS) is 18.0. The molecule has 1 saturated heterocycles. The van der Waals surface area contributed by atoms with E-state index >= 15 is 0 Å². The molecule has 0 radical (unpaired) electrons. The summed E-state index contributed by atoms with van der Waals surface area (Å²) >= 11 is 0. The largest absolute Gasteiger partial charge is 0.494 e. The second-order valence-corrected chi connectivity index (χ2v) is 7.09. The SMILES string of the molecule is CCOc1ccc2[nH]c(N3CCC4(CC3)OC(=O)c3ccccc34)nc2c1. The molecule has 0 aliphatic carbocycles. The number of H-pyrrole nitrogens is 1. The summed E-state index contributed by atoms with van der Waals surface area (Å²) in [5.41, 5.74) is 3.14. The third kappa shape index (κ3) is 2.55. The lowest BCUT2D eigenvalue weighted by Crippen LogP contribution is -2.43. The minimum absolute atomic E-state index is 0.203. The standard InChI is InChI=1S/C21H21N3O3/c1-2-26-14-7-8-17-18(13-14)23-20(22-17)24-11-9-21(10-12-24)16-6-4-3-5-15(16)19(25)27-21/h3-8,13H,2,9-12H2,1H3,(H,22,23). The second kappa shape index (κ2) is 6.01. The van der Waals surface area contributed by atoms with Gasteiger partial charge < -0.3 is 19.4 Å². The molecular weight excluding hydrogens is 342 g/mol. The third-order valence-corrected chi connectivity index (χ3v) is 5.55. The number of imidazole rings is 1. The minimum atomic E-state index is -0.488. The van der Waals surface area contributed by atoms with Crippen molar-refractivity contribution in [3.63, 3.8) is 0 Å². The van der Waals surface area contributed by atoms with E-state index < -0.39 is 5.60 Å². The maximum atomic E-state index is 12.2. The number of carbonyl (C=O) groups is 1. The third-order valence-electron chi connectivity index (χ3n) is 5.55. The number of rotatable bonds is 3. The van der Waals surface area contributed by atoms with Gasteiger partial charge in [-0.1, -0.05) is 18.2 Å². The summed E-state index contributed by atoms with van der Waals surface area (Å²) < 4.78 is 11.4. The summed E-state index contributed by atoms with van der Waals surface area (Å²) in [7, 11) is 0. The number of piperidine rings is 1. The summed E-state index contributed by atoms with van der Waals surface area (Å²) in [6.07, 6.45) is 1.52. The van der Waals surface area contributed by atoms with Crippen LogP contribution in [-0.2, 0) is 10.3 Å². The van der Waals surface area contributed by atoms with Crippen LogP contribution in [0.25, 0.3) is 11.0 Å². The average molecular weight is 363 g/mol. The van der Waals surface area contributed by atoms with Crippen molar-refractivity contribution in [1.82, 2.24) is 9.97 Å². The van der Waals surface area contributed by atoms with Crippen molar-refractivity contribution in [2.45, 2.75) is 25.4 Å². The number of benzene rings is 2. The van der Waals surface area contributed by atoms with Crippen LogP contribution in [0.3, 0.4) is 0 Å². The first-order valence-electron chi connectivity index (χ1n) is 9.39. The van der Waals surface area contributed by atoms with Crippen molar-refractivity contribution in [1.29, 1.82) is 0 Å². The van der Waals surface area contributed by atoms with E-state index in [1.165, 1.54) is 0 Å². The van der Waals surface area contributed by atoms with E-state index in [0.717, 1.165) is 54.2 Å². The Morgan fingerprint density at radius 2 is 2.04 bits per heavy atom. The van der Waals surface area contributed by atoms with E-state index in [1.54, 1.807) is 0 Å². The van der Waals surface area contributed by atoms with Gasteiger partial charge in [-0.2, -0.15) is 0 Å². The van der Waals surface area contributed by atoms with Crippen LogP contribution >= 0.6 is 0 Å². The predicted molar refractivity (Wildman–Crippen MR) is 102 cm³/mol. The van der Waals surface area contributed by atoms with Gasteiger partial charge in [-0.05, 0) is 25.1 Å². The van der Waals surface area contributed by atoms with E-state index in [4.69, 9.17) is 14.5 Å². The molecule has 0 amide bonds. The Morgan fingerprint density at radius 3 is 2.85 bits per heavy atom. The summed E-state index contributed by atoms with van der Waals surface area (Å²) in [6.45, 7) is 4.16. The van der Waals surface area contributed by atoms with Crippen LogP contribution < -0.4 is 9.64 Å². The van der Waals surface area contributed by atoms with Crippen molar-refractivity contribution in [2.24, 2.45) is 0 Å². The Bertz CT molecular complexity index is 1020. The molecule has 3 heterocycles. The van der Waals surface area contributed by atoms with Gasteiger partial charge in [0, 0.05) is 37.6 Å². The fourth-order valence-electron chi connectivity index (χ4n) is 4.18. The first-order chi connectivity index (χ1) is 13.2. The quantitative estimate of drug-likeness (QED) is 0.720. The van der Waals surface area contributed by atoms with Crippen molar-refractivity contribution >= 4 is 23.0 Å². The molecule has 5 rings (SSSR count). The second-order valence-electron chi connectivity index (χ2n) is 7.09. The number of fused-ring (bicyclic) bond motifs is 3. The molecule has 1 fully saturated rings. The number of nitrogens with zero attached hydrogens (tertiary/aromatic N) is 2. The Hall–Kier alpha value is -3.02. The summed E-state index contributed by atoms with van der Waals surface area (Å²) in [4.78, 5) is 22.6. The zero-order valence-electron chi connectivity index (χ0n) is 15.2. The number of carbonyl (C=O) groups excluding carboxylic acids is 1. The maximum Gasteiger partial charge on any atom is 0.339 e. The Morgan fingerprint density at radius 1 is 1.22 bits per heavy atom. The van der Waals surface area contributed by atoms with E-state index in [2.05, 4.69) is 9.88 Å². The summed E-state index contributed by atoms with van der Waals surface area (Å²) in [6, 6.07) is 13.6. The molecule has 0 unspecified atom stereocenters. The maximum absolute atomic E-state index is 12.2. The predicted octanol–water partition coefficient (Wildman–Crippen LogP) is 3.63. The molecule has 6 nitrogen and oxygen atoms in total. The first kappa shape index (κ1) is 16.2. The number of ether oxygens (including phenoxy) is 2. The molecule has 2 aliphatic heterocycles. The van der Waals surface area contributed by atoms with Crippen molar-refractivity contribution < 1.29 is 14.3 Å². The fourth-order valence-corrected chi connectivity index (χ4v) is 4.18. The number of nitrogens with one attached hydrogen (secondary N) is 1. The Kier molecular flexibility index (Phi) is 3.60. The molecule has 1 aromatic heterocycles. The highest BCUT2D eigenvalue weighted by Gasteiger charge is 2.47. The van der Waals surface area contributed by atoms with Crippen LogP contribution in [0.1, 0.15) is 35.7 Å². The highest BCUT2D eigenvalue weighted by Crippen LogP contribution is 2.44.